The lowest BCUT2D eigenvalue weighted by Gasteiger charge is -2.28. The van der Waals surface area contributed by atoms with E-state index in [1.54, 1.807) is 30.5 Å². The third kappa shape index (κ3) is 4.36. The molecular weight excluding hydrogens is 424 g/mol. The van der Waals surface area contributed by atoms with E-state index in [2.05, 4.69) is 29.4 Å². The summed E-state index contributed by atoms with van der Waals surface area (Å²) < 4.78 is 12.4. The van der Waals surface area contributed by atoms with Crippen molar-refractivity contribution < 1.29 is 14.3 Å². The molecule has 1 aliphatic rings. The number of allylic oxidation sites excluding steroid dienone is 1. The molecule has 1 aromatic heterocycles. The Labute approximate surface area is 191 Å². The normalized spacial score (nSPS) is 15.2. The van der Waals surface area contributed by atoms with Crippen LogP contribution in [0.2, 0.25) is 0 Å². The summed E-state index contributed by atoms with van der Waals surface area (Å²) >= 11 is 1.57. The first-order valence-corrected chi connectivity index (χ1v) is 11.4. The first-order valence-electron chi connectivity index (χ1n) is 10.4. The Morgan fingerprint density at radius 1 is 1.16 bits per heavy atom. The van der Waals surface area contributed by atoms with Gasteiger partial charge < -0.3 is 14.8 Å². The van der Waals surface area contributed by atoms with Crippen LogP contribution in [0, 0.1) is 6.92 Å². The van der Waals surface area contributed by atoms with Gasteiger partial charge in [-0.25, -0.2) is 9.48 Å². The number of nitrogens with zero attached hydrogens (tertiary/aromatic N) is 3. The molecule has 3 aromatic rings. The Morgan fingerprint density at radius 3 is 2.59 bits per heavy atom. The second-order valence-corrected chi connectivity index (χ2v) is 8.38. The lowest BCUT2D eigenvalue weighted by atomic mass is 9.96. The van der Waals surface area contributed by atoms with Crippen molar-refractivity contribution >= 4 is 23.7 Å². The number of hydrogen-bond acceptors (Lipinski definition) is 7. The third-order valence-electron chi connectivity index (χ3n) is 5.38. The van der Waals surface area contributed by atoms with Gasteiger partial charge in [0.1, 0.15) is 11.8 Å². The van der Waals surface area contributed by atoms with Crippen molar-refractivity contribution in [2.45, 2.75) is 37.7 Å². The van der Waals surface area contributed by atoms with Crippen LogP contribution in [0.1, 0.15) is 36.6 Å². The van der Waals surface area contributed by atoms with E-state index in [1.165, 1.54) is 11.1 Å². The molecule has 7 nitrogen and oxygen atoms in total. The van der Waals surface area contributed by atoms with Crippen molar-refractivity contribution in [1.82, 2.24) is 14.8 Å². The summed E-state index contributed by atoms with van der Waals surface area (Å²) in [5.74, 6) is 1.74. The van der Waals surface area contributed by atoms with E-state index in [0.29, 0.717) is 29.0 Å². The molecule has 1 aliphatic heterocycles. The number of benzene rings is 2. The van der Waals surface area contributed by atoms with Crippen LogP contribution in [0.5, 0.6) is 5.75 Å². The number of methoxy groups -OCH3 is 1. The minimum Gasteiger partial charge on any atom is -0.497 e. The third-order valence-corrected chi connectivity index (χ3v) is 6.26. The molecule has 2 aromatic carbocycles. The van der Waals surface area contributed by atoms with Crippen LogP contribution >= 0.6 is 11.8 Å². The first kappa shape index (κ1) is 22.0. The van der Waals surface area contributed by atoms with Gasteiger partial charge in [-0.1, -0.05) is 48.2 Å². The van der Waals surface area contributed by atoms with Gasteiger partial charge in [0.2, 0.25) is 11.1 Å². The van der Waals surface area contributed by atoms with Crippen molar-refractivity contribution in [2.24, 2.45) is 0 Å². The van der Waals surface area contributed by atoms with Crippen LogP contribution in [0.4, 0.5) is 5.95 Å². The lowest BCUT2D eigenvalue weighted by Crippen LogP contribution is -2.29. The molecule has 0 saturated heterocycles. The van der Waals surface area contributed by atoms with Crippen molar-refractivity contribution in [3.63, 3.8) is 0 Å². The summed E-state index contributed by atoms with van der Waals surface area (Å²) in [4.78, 5) is 17.6. The predicted octanol–water partition coefficient (Wildman–Crippen LogP) is 4.74. The average molecular weight is 451 g/mol. The minimum atomic E-state index is -0.448. The van der Waals surface area contributed by atoms with E-state index in [9.17, 15) is 4.79 Å². The zero-order valence-corrected chi connectivity index (χ0v) is 19.4. The van der Waals surface area contributed by atoms with E-state index in [0.717, 1.165) is 17.1 Å². The molecule has 166 valence electrons. The molecule has 0 bridgehead atoms. The second kappa shape index (κ2) is 9.48. The molecule has 0 aliphatic carbocycles. The van der Waals surface area contributed by atoms with Crippen LogP contribution in [-0.2, 0) is 15.3 Å². The number of aromatic nitrogens is 3. The van der Waals surface area contributed by atoms with Gasteiger partial charge >= 0.3 is 5.97 Å². The molecule has 0 radical (unpaired) electrons. The molecule has 2 heterocycles. The van der Waals surface area contributed by atoms with Crippen LogP contribution in [0.15, 0.2) is 65.0 Å². The van der Waals surface area contributed by atoms with E-state index < -0.39 is 6.04 Å². The Kier molecular flexibility index (Phi) is 6.50. The fourth-order valence-corrected chi connectivity index (χ4v) is 4.58. The summed E-state index contributed by atoms with van der Waals surface area (Å²) in [6.07, 6.45) is 0. The monoisotopic (exact) mass is 450 g/mol. The number of anilines is 1. The highest BCUT2D eigenvalue weighted by atomic mass is 32.2. The highest BCUT2D eigenvalue weighted by molar-refractivity contribution is 7.98. The number of carbonyl (C=O) groups excluding carboxylic acids is 1. The zero-order valence-electron chi connectivity index (χ0n) is 18.6. The van der Waals surface area contributed by atoms with Crippen LogP contribution in [0.25, 0.3) is 0 Å². The minimum absolute atomic E-state index is 0.298. The molecule has 1 unspecified atom stereocenters. The quantitative estimate of drug-likeness (QED) is 0.411. The van der Waals surface area contributed by atoms with Crippen molar-refractivity contribution in [3.05, 3.63) is 76.5 Å². The Bertz CT molecular complexity index is 1150. The maximum atomic E-state index is 12.9. The molecule has 0 saturated carbocycles. The molecular formula is C24H26N4O3S. The van der Waals surface area contributed by atoms with Gasteiger partial charge in [-0.3, -0.25) is 0 Å². The van der Waals surface area contributed by atoms with Crippen LogP contribution in [-0.4, -0.2) is 34.5 Å². The zero-order chi connectivity index (χ0) is 22.7. The summed E-state index contributed by atoms with van der Waals surface area (Å²) in [5.41, 5.74) is 4.60. The van der Waals surface area contributed by atoms with Gasteiger partial charge in [-0.2, -0.15) is 4.98 Å². The van der Waals surface area contributed by atoms with Crippen molar-refractivity contribution in [3.8, 4) is 5.75 Å². The molecule has 1 N–H and O–H groups in total. The number of esters is 1. The molecule has 4 rings (SSSR count). The van der Waals surface area contributed by atoms with Gasteiger partial charge in [-0.05, 0) is 49.6 Å². The highest BCUT2D eigenvalue weighted by Crippen LogP contribution is 2.37. The molecule has 0 spiro atoms. The SMILES string of the molecule is CCOC(=O)C1=C(C)Nc2nc(SCc3ccccc3C)nn2C1c1ccc(OC)cc1. The predicted molar refractivity (Wildman–Crippen MR) is 125 cm³/mol. The van der Waals surface area contributed by atoms with Gasteiger partial charge in [0.15, 0.2) is 0 Å². The number of ether oxygens (including phenoxy) is 2. The largest absolute Gasteiger partial charge is 0.497 e. The van der Waals surface area contributed by atoms with E-state index in [-0.39, 0.29) is 5.97 Å². The molecule has 0 amide bonds. The molecule has 0 fully saturated rings. The van der Waals surface area contributed by atoms with E-state index >= 15 is 0 Å². The van der Waals surface area contributed by atoms with Gasteiger partial charge in [-0.15, -0.1) is 5.10 Å². The Hall–Kier alpha value is -3.26. The maximum absolute atomic E-state index is 12.9. The topological polar surface area (TPSA) is 78.3 Å². The Morgan fingerprint density at radius 2 is 1.91 bits per heavy atom. The average Bonchev–Trinajstić information content (AvgIpc) is 3.20. The molecule has 1 atom stereocenters. The second-order valence-electron chi connectivity index (χ2n) is 7.44. The summed E-state index contributed by atoms with van der Waals surface area (Å²) in [6, 6.07) is 15.5. The van der Waals surface area contributed by atoms with E-state index in [4.69, 9.17) is 14.6 Å². The first-order chi connectivity index (χ1) is 15.5. The summed E-state index contributed by atoms with van der Waals surface area (Å²) in [6.45, 7) is 6.06. The van der Waals surface area contributed by atoms with Gasteiger partial charge in [0, 0.05) is 11.4 Å². The van der Waals surface area contributed by atoms with Crippen molar-refractivity contribution in [2.75, 3.05) is 19.0 Å². The number of rotatable bonds is 7. The van der Waals surface area contributed by atoms with E-state index in [1.807, 2.05) is 43.3 Å². The number of aryl methyl sites for hydroxylation is 1. The van der Waals surface area contributed by atoms with Crippen LogP contribution < -0.4 is 10.1 Å². The van der Waals surface area contributed by atoms with Crippen LogP contribution in [0.3, 0.4) is 0 Å². The molecule has 32 heavy (non-hydrogen) atoms. The van der Waals surface area contributed by atoms with Gasteiger partial charge in [0.25, 0.3) is 0 Å². The summed E-state index contributed by atoms with van der Waals surface area (Å²) in [7, 11) is 1.63. The number of nitrogens with one attached hydrogen (secondary N) is 1. The standard InChI is InChI=1S/C24H26N4O3S/c1-5-31-22(29)20-16(3)25-23-26-24(32-14-18-9-7-6-8-15(18)2)27-28(23)21(20)17-10-12-19(30-4)13-11-17/h6-13,21H,5,14H2,1-4H3,(H,25,26,27). The van der Waals surface area contributed by atoms with Crippen molar-refractivity contribution in [1.29, 1.82) is 0 Å². The fraction of sp³-hybridized carbons (Fsp3) is 0.292. The number of hydrogen-bond donors (Lipinski definition) is 1. The van der Waals surface area contributed by atoms with Gasteiger partial charge in [0.05, 0.1) is 19.3 Å². The lowest BCUT2D eigenvalue weighted by molar-refractivity contribution is -0.139. The Balaban J connectivity index is 1.69. The maximum Gasteiger partial charge on any atom is 0.338 e. The summed E-state index contributed by atoms with van der Waals surface area (Å²) in [5, 5.41) is 8.63. The number of fused-ring (bicyclic) bond motifs is 1. The smallest absolute Gasteiger partial charge is 0.338 e. The number of thioether (sulfide) groups is 1. The fourth-order valence-electron chi connectivity index (χ4n) is 3.67. The highest BCUT2D eigenvalue weighted by Gasteiger charge is 2.35. The molecule has 8 heteroatoms. The number of carbonyl (C=O) groups is 1.